The molecule has 108 valence electrons. The average molecular weight is 286 g/mol. The number of aliphatic hydroxyl groups excluding tert-OH is 3. The number of alkyl halides is 1. The van der Waals surface area contributed by atoms with Crippen LogP contribution in [0, 0.1) is 12.3 Å². The van der Waals surface area contributed by atoms with Crippen molar-refractivity contribution in [3.8, 4) is 12.3 Å². The van der Waals surface area contributed by atoms with E-state index in [9.17, 15) is 24.2 Å². The SMILES string of the molecule is C#C[C@@]1(n2ccc(=O)[nH]c2=O)O[C@](F)(CO)[C@@H](O)[C@H]1O. The Balaban J connectivity index is 2.65. The smallest absolute Gasteiger partial charge is 0.331 e. The first-order valence-electron chi connectivity index (χ1n) is 5.47. The lowest BCUT2D eigenvalue weighted by Crippen LogP contribution is -2.50. The molecule has 8 nitrogen and oxygen atoms in total. The van der Waals surface area contributed by atoms with Gasteiger partial charge in [-0.2, -0.15) is 0 Å². The van der Waals surface area contributed by atoms with Crippen LogP contribution in [0.25, 0.3) is 0 Å². The van der Waals surface area contributed by atoms with Gasteiger partial charge in [-0.1, -0.05) is 0 Å². The van der Waals surface area contributed by atoms with Gasteiger partial charge in [0, 0.05) is 12.3 Å². The van der Waals surface area contributed by atoms with E-state index in [4.69, 9.17) is 16.3 Å². The molecule has 0 saturated carbocycles. The van der Waals surface area contributed by atoms with E-state index in [1.54, 1.807) is 0 Å². The maximum Gasteiger partial charge on any atom is 0.331 e. The molecule has 9 heteroatoms. The molecule has 1 aliphatic heterocycles. The summed E-state index contributed by atoms with van der Waals surface area (Å²) >= 11 is 0. The summed E-state index contributed by atoms with van der Waals surface area (Å²) < 4.78 is 19.4. The number of aliphatic hydroxyl groups is 3. The van der Waals surface area contributed by atoms with Gasteiger partial charge in [0.15, 0.2) is 0 Å². The Hall–Kier alpha value is -1.99. The van der Waals surface area contributed by atoms with E-state index < -0.39 is 41.6 Å². The molecule has 0 radical (unpaired) electrons. The number of halogens is 1. The minimum Gasteiger partial charge on any atom is -0.390 e. The van der Waals surface area contributed by atoms with Gasteiger partial charge in [0.05, 0.1) is 0 Å². The van der Waals surface area contributed by atoms with Crippen LogP contribution in [0.3, 0.4) is 0 Å². The van der Waals surface area contributed by atoms with Gasteiger partial charge in [0.25, 0.3) is 11.4 Å². The zero-order chi connectivity index (χ0) is 15.1. The summed E-state index contributed by atoms with van der Waals surface area (Å²) in [5.74, 6) is -1.16. The van der Waals surface area contributed by atoms with Gasteiger partial charge >= 0.3 is 5.69 Å². The molecule has 0 bridgehead atoms. The average Bonchev–Trinajstić information content (AvgIpc) is 2.62. The maximum absolute atomic E-state index is 14.1. The summed E-state index contributed by atoms with van der Waals surface area (Å²) in [6.07, 6.45) is 1.87. The van der Waals surface area contributed by atoms with Crippen LogP contribution in [0.2, 0.25) is 0 Å². The van der Waals surface area contributed by atoms with Crippen molar-refractivity contribution in [2.75, 3.05) is 6.61 Å². The van der Waals surface area contributed by atoms with Crippen molar-refractivity contribution in [1.82, 2.24) is 9.55 Å². The first kappa shape index (κ1) is 14.4. The van der Waals surface area contributed by atoms with Crippen molar-refractivity contribution in [2.45, 2.75) is 23.8 Å². The van der Waals surface area contributed by atoms with Crippen LogP contribution in [0.1, 0.15) is 0 Å². The number of rotatable bonds is 2. The number of hydrogen-bond donors (Lipinski definition) is 4. The zero-order valence-corrected chi connectivity index (χ0v) is 9.99. The number of hydrogen-bond acceptors (Lipinski definition) is 6. The lowest BCUT2D eigenvalue weighted by atomic mass is 10.0. The topological polar surface area (TPSA) is 125 Å². The first-order chi connectivity index (χ1) is 9.30. The molecule has 1 saturated heterocycles. The number of ether oxygens (including phenoxy) is 1. The molecule has 0 aliphatic carbocycles. The van der Waals surface area contributed by atoms with Crippen molar-refractivity contribution in [2.24, 2.45) is 0 Å². The highest BCUT2D eigenvalue weighted by Gasteiger charge is 2.64. The number of terminal acetylenes is 1. The van der Waals surface area contributed by atoms with Crippen molar-refractivity contribution >= 4 is 0 Å². The molecule has 2 heterocycles. The zero-order valence-electron chi connectivity index (χ0n) is 9.99. The second kappa shape index (κ2) is 4.53. The van der Waals surface area contributed by atoms with Gasteiger partial charge in [-0.15, -0.1) is 6.42 Å². The molecule has 0 amide bonds. The predicted molar refractivity (Wildman–Crippen MR) is 62.2 cm³/mol. The highest BCUT2D eigenvalue weighted by atomic mass is 19.2. The molecule has 0 spiro atoms. The highest BCUT2D eigenvalue weighted by Crippen LogP contribution is 2.41. The number of nitrogens with zero attached hydrogens (tertiary/aromatic N) is 1. The molecule has 1 aliphatic rings. The van der Waals surface area contributed by atoms with Crippen molar-refractivity contribution in [3.05, 3.63) is 33.1 Å². The first-order valence-corrected chi connectivity index (χ1v) is 5.47. The van der Waals surface area contributed by atoms with E-state index in [-0.39, 0.29) is 0 Å². The van der Waals surface area contributed by atoms with Crippen LogP contribution in [0.4, 0.5) is 4.39 Å². The van der Waals surface area contributed by atoms with E-state index in [2.05, 4.69) is 0 Å². The van der Waals surface area contributed by atoms with Gasteiger partial charge < -0.3 is 20.1 Å². The molecule has 0 unspecified atom stereocenters. The molecular weight excluding hydrogens is 275 g/mol. The summed E-state index contributed by atoms with van der Waals surface area (Å²) in [4.78, 5) is 24.5. The van der Waals surface area contributed by atoms with Gasteiger partial charge in [0.2, 0.25) is 5.72 Å². The lowest BCUT2D eigenvalue weighted by molar-refractivity contribution is -0.227. The van der Waals surface area contributed by atoms with E-state index in [0.717, 1.165) is 12.3 Å². The number of nitrogens with one attached hydrogen (secondary N) is 1. The van der Waals surface area contributed by atoms with Crippen molar-refractivity contribution in [3.63, 3.8) is 0 Å². The summed E-state index contributed by atoms with van der Waals surface area (Å²) in [7, 11) is 0. The Kier molecular flexibility index (Phi) is 3.27. The fourth-order valence-corrected chi connectivity index (χ4v) is 2.01. The molecule has 2 rings (SSSR count). The molecule has 20 heavy (non-hydrogen) atoms. The van der Waals surface area contributed by atoms with Gasteiger partial charge in [-0.25, -0.2) is 9.18 Å². The van der Waals surface area contributed by atoms with E-state index in [1.165, 1.54) is 0 Å². The molecule has 1 fully saturated rings. The molecule has 0 aromatic carbocycles. The highest BCUT2D eigenvalue weighted by molar-refractivity contribution is 5.17. The van der Waals surface area contributed by atoms with E-state index in [1.807, 2.05) is 10.9 Å². The molecule has 1 aromatic rings. The lowest BCUT2D eigenvalue weighted by Gasteiger charge is -2.28. The number of aromatic amines is 1. The van der Waals surface area contributed by atoms with Crippen LogP contribution in [0.15, 0.2) is 21.9 Å². The predicted octanol–water partition coefficient (Wildman–Crippen LogP) is -2.77. The Morgan fingerprint density at radius 2 is 2.15 bits per heavy atom. The fourth-order valence-electron chi connectivity index (χ4n) is 2.01. The Morgan fingerprint density at radius 3 is 2.60 bits per heavy atom. The minimum atomic E-state index is -3.04. The third-order valence-electron chi connectivity index (χ3n) is 3.07. The normalized spacial score (nSPS) is 36.8. The third-order valence-corrected chi connectivity index (χ3v) is 3.07. The number of H-pyrrole nitrogens is 1. The van der Waals surface area contributed by atoms with Gasteiger partial charge in [-0.05, 0) is 5.92 Å². The van der Waals surface area contributed by atoms with Gasteiger partial charge in [0.1, 0.15) is 18.8 Å². The van der Waals surface area contributed by atoms with Crippen molar-refractivity contribution in [1.29, 1.82) is 0 Å². The Morgan fingerprint density at radius 1 is 1.50 bits per heavy atom. The van der Waals surface area contributed by atoms with Crippen LogP contribution in [-0.2, 0) is 10.5 Å². The van der Waals surface area contributed by atoms with E-state index >= 15 is 0 Å². The monoisotopic (exact) mass is 286 g/mol. The largest absolute Gasteiger partial charge is 0.390 e. The standard InChI is InChI=1S/C11H11FN2O6/c1-2-11(14-4-3-6(16)13-9(14)19)8(18)7(17)10(12,5-15)20-11/h1,3-4,7-8,15,17-18H,5H2,(H,13,16,19)/t7-,8+,10+,11+/m0/s1. The summed E-state index contributed by atoms with van der Waals surface area (Å²) in [6, 6.07) is 0.903. The summed E-state index contributed by atoms with van der Waals surface area (Å²) in [5, 5.41) is 28.4. The molecule has 4 N–H and O–H groups in total. The molecule has 4 atom stereocenters. The second-order valence-corrected chi connectivity index (χ2v) is 4.26. The number of aromatic nitrogens is 2. The van der Waals surface area contributed by atoms with Crippen LogP contribution in [0.5, 0.6) is 0 Å². The third kappa shape index (κ3) is 1.78. The summed E-state index contributed by atoms with van der Waals surface area (Å²) in [5.41, 5.74) is -4.19. The maximum atomic E-state index is 14.1. The minimum absolute atomic E-state index is 0.555. The Bertz CT molecular complexity index is 678. The summed E-state index contributed by atoms with van der Waals surface area (Å²) in [6.45, 7) is -1.28. The van der Waals surface area contributed by atoms with Crippen LogP contribution in [-0.4, -0.2) is 49.5 Å². The molecular formula is C11H11FN2O6. The van der Waals surface area contributed by atoms with E-state index in [0.29, 0.717) is 4.57 Å². The van der Waals surface area contributed by atoms with Crippen molar-refractivity contribution < 1.29 is 24.4 Å². The Labute approximate surface area is 111 Å². The van der Waals surface area contributed by atoms with Crippen LogP contribution >= 0.6 is 0 Å². The molecule has 1 aromatic heterocycles. The second-order valence-electron chi connectivity index (χ2n) is 4.26. The van der Waals surface area contributed by atoms with Crippen LogP contribution < -0.4 is 11.2 Å². The quantitative estimate of drug-likeness (QED) is 0.436. The fraction of sp³-hybridized carbons (Fsp3) is 0.455. The van der Waals surface area contributed by atoms with Gasteiger partial charge in [-0.3, -0.25) is 14.3 Å².